The molecular weight excluding hydrogens is 645 g/mol. The van der Waals surface area contributed by atoms with Crippen molar-refractivity contribution in [2.45, 2.75) is 43.7 Å². The van der Waals surface area contributed by atoms with Crippen molar-refractivity contribution in [2.24, 2.45) is 5.92 Å². The summed E-state index contributed by atoms with van der Waals surface area (Å²) >= 11 is 0. The van der Waals surface area contributed by atoms with Gasteiger partial charge in [0.25, 0.3) is 0 Å². The Kier molecular flexibility index (Phi) is 7.10. The number of fused-ring (bicyclic) bond motifs is 6. The molecule has 0 fully saturated rings. The van der Waals surface area contributed by atoms with Gasteiger partial charge >= 0.3 is 6.18 Å². The molecule has 2 N–H and O–H groups in total. The van der Waals surface area contributed by atoms with E-state index in [1.165, 1.54) is 11.6 Å². The minimum Gasteiger partial charge on any atom is -0.365 e. The van der Waals surface area contributed by atoms with Gasteiger partial charge in [-0.3, -0.25) is 0 Å². The second kappa shape index (κ2) is 11.6. The van der Waals surface area contributed by atoms with Gasteiger partial charge in [-0.25, -0.2) is 9.97 Å². The summed E-state index contributed by atoms with van der Waals surface area (Å²) in [5.41, 5.74) is 5.56. The number of halogens is 3. The molecule has 5 aromatic carbocycles. The van der Waals surface area contributed by atoms with Crippen LogP contribution < -0.4 is 20.4 Å². The van der Waals surface area contributed by atoms with Crippen LogP contribution >= 0.6 is 0 Å². The van der Waals surface area contributed by atoms with E-state index in [1.54, 1.807) is 24.5 Å². The topological polar surface area (TPSA) is 56.3 Å². The van der Waals surface area contributed by atoms with E-state index in [9.17, 15) is 13.2 Å². The van der Waals surface area contributed by atoms with Crippen molar-refractivity contribution in [1.82, 2.24) is 9.97 Å². The molecule has 9 rings (SSSR count). The van der Waals surface area contributed by atoms with Gasteiger partial charge in [0.1, 0.15) is 6.17 Å². The van der Waals surface area contributed by atoms with Crippen molar-refractivity contribution in [1.29, 1.82) is 0 Å². The fourth-order valence-corrected chi connectivity index (χ4v) is 8.69. The number of anilines is 6. The van der Waals surface area contributed by atoms with Gasteiger partial charge in [-0.1, -0.05) is 98.8 Å². The molecule has 4 heterocycles. The summed E-state index contributed by atoms with van der Waals surface area (Å²) in [7, 11) is 0. The molecular formula is C42H35F3N6. The maximum atomic E-state index is 14.3. The third-order valence-corrected chi connectivity index (χ3v) is 11.2. The second-order valence-corrected chi connectivity index (χ2v) is 13.7. The van der Waals surface area contributed by atoms with E-state index in [0.29, 0.717) is 17.2 Å². The lowest BCUT2D eigenvalue weighted by molar-refractivity contribution is -0.137. The smallest absolute Gasteiger partial charge is 0.365 e. The number of rotatable bonds is 5. The van der Waals surface area contributed by atoms with Gasteiger partial charge in [-0.15, -0.1) is 0 Å². The van der Waals surface area contributed by atoms with Crippen molar-refractivity contribution >= 4 is 34.4 Å². The van der Waals surface area contributed by atoms with Gasteiger partial charge in [-0.2, -0.15) is 13.2 Å². The molecule has 1 aromatic heterocycles. The van der Waals surface area contributed by atoms with Crippen molar-refractivity contribution in [3.8, 4) is 11.1 Å². The molecule has 3 aliphatic heterocycles. The fourth-order valence-electron chi connectivity index (χ4n) is 8.69. The van der Waals surface area contributed by atoms with Gasteiger partial charge < -0.3 is 20.4 Å². The zero-order chi connectivity index (χ0) is 34.9. The Bertz CT molecular complexity index is 2240. The highest BCUT2D eigenvalue weighted by Gasteiger charge is 2.60. The minimum atomic E-state index is -4.50. The highest BCUT2D eigenvalue weighted by Crippen LogP contribution is 2.64. The molecule has 0 amide bonds. The average molecular weight is 681 g/mol. The van der Waals surface area contributed by atoms with Gasteiger partial charge in [0.15, 0.2) is 11.6 Å². The van der Waals surface area contributed by atoms with E-state index in [2.05, 4.69) is 82.8 Å². The third kappa shape index (κ3) is 4.78. The summed E-state index contributed by atoms with van der Waals surface area (Å²) in [6, 6.07) is 40.5. The van der Waals surface area contributed by atoms with Crippen LogP contribution in [0.1, 0.15) is 36.5 Å². The van der Waals surface area contributed by atoms with Gasteiger partial charge in [0.05, 0.1) is 11.7 Å². The minimum absolute atomic E-state index is 0.0262. The number of benzene rings is 5. The van der Waals surface area contributed by atoms with E-state index < -0.39 is 17.2 Å². The normalized spacial score (nSPS) is 23.2. The van der Waals surface area contributed by atoms with E-state index >= 15 is 0 Å². The molecule has 254 valence electrons. The van der Waals surface area contributed by atoms with Crippen molar-refractivity contribution in [2.75, 3.05) is 20.4 Å². The standard InChI is InChI=1S/C42H35F3N6/c1-26-37(48-28-13-5-3-6-14-28)49-34-20-12-11-19-33(34)41(26,2)36-31-22-21-27(30-17-9-10-18-32(30)42(43,44)45)25-35(31)51-39-38(46-23-24-47-39)50(40(36)51)29-15-7-4-8-16-29/h3-26,36-37,40,48-49H,1-2H3. The first-order valence-electron chi connectivity index (χ1n) is 17.2. The van der Waals surface area contributed by atoms with Crippen LogP contribution in [0.5, 0.6) is 0 Å². The number of aromatic nitrogens is 2. The monoisotopic (exact) mass is 680 g/mol. The molecule has 3 aliphatic rings. The van der Waals surface area contributed by atoms with Crippen molar-refractivity contribution < 1.29 is 13.2 Å². The molecule has 0 spiro atoms. The summed E-state index contributed by atoms with van der Waals surface area (Å²) in [4.78, 5) is 14.2. The molecule has 5 unspecified atom stereocenters. The predicted molar refractivity (Wildman–Crippen MR) is 197 cm³/mol. The quantitative estimate of drug-likeness (QED) is 0.189. The van der Waals surface area contributed by atoms with Crippen LogP contribution in [-0.4, -0.2) is 22.3 Å². The average Bonchev–Trinajstić information content (AvgIpc) is 3.67. The second-order valence-electron chi connectivity index (χ2n) is 13.7. The van der Waals surface area contributed by atoms with Crippen molar-refractivity contribution in [3.05, 3.63) is 156 Å². The van der Waals surface area contributed by atoms with Crippen LogP contribution in [0.2, 0.25) is 0 Å². The van der Waals surface area contributed by atoms with Crippen LogP contribution in [0.4, 0.5) is 47.6 Å². The Morgan fingerprint density at radius 3 is 2.14 bits per heavy atom. The number of nitrogens with zero attached hydrogens (tertiary/aromatic N) is 4. The van der Waals surface area contributed by atoms with E-state index in [0.717, 1.165) is 34.4 Å². The van der Waals surface area contributed by atoms with E-state index in [4.69, 9.17) is 9.97 Å². The first kappa shape index (κ1) is 31.2. The predicted octanol–water partition coefficient (Wildman–Crippen LogP) is 10.3. The number of alkyl halides is 3. The van der Waals surface area contributed by atoms with E-state index in [-0.39, 0.29) is 29.7 Å². The number of hydrogen-bond donors (Lipinski definition) is 2. The first-order valence-corrected chi connectivity index (χ1v) is 17.2. The lowest BCUT2D eigenvalue weighted by Crippen LogP contribution is -2.56. The lowest BCUT2D eigenvalue weighted by Gasteiger charge is -2.52. The molecule has 0 aliphatic carbocycles. The molecule has 6 nitrogen and oxygen atoms in total. The maximum Gasteiger partial charge on any atom is 0.417 e. The Balaban J connectivity index is 1.29. The largest absolute Gasteiger partial charge is 0.417 e. The first-order chi connectivity index (χ1) is 24.7. The third-order valence-electron chi connectivity index (χ3n) is 11.2. The van der Waals surface area contributed by atoms with Gasteiger partial charge in [0.2, 0.25) is 0 Å². The molecule has 6 aromatic rings. The molecule has 0 saturated heterocycles. The molecule has 5 atom stereocenters. The number of hydrogen-bond acceptors (Lipinski definition) is 6. The zero-order valence-corrected chi connectivity index (χ0v) is 28.0. The Morgan fingerprint density at radius 1 is 0.745 bits per heavy atom. The molecule has 0 saturated carbocycles. The summed E-state index contributed by atoms with van der Waals surface area (Å²) in [6.45, 7) is 4.63. The van der Waals surface area contributed by atoms with Crippen LogP contribution in [0.3, 0.4) is 0 Å². The molecule has 51 heavy (non-hydrogen) atoms. The summed E-state index contributed by atoms with van der Waals surface area (Å²) < 4.78 is 43.0. The maximum absolute atomic E-state index is 14.3. The highest BCUT2D eigenvalue weighted by molar-refractivity contribution is 5.90. The van der Waals surface area contributed by atoms with Crippen LogP contribution in [0.15, 0.2) is 140 Å². The Morgan fingerprint density at radius 2 is 1.39 bits per heavy atom. The highest BCUT2D eigenvalue weighted by atomic mass is 19.4. The number of para-hydroxylation sites is 3. The lowest BCUT2D eigenvalue weighted by atomic mass is 9.59. The summed E-state index contributed by atoms with van der Waals surface area (Å²) in [6.07, 6.45) is -1.56. The molecule has 0 radical (unpaired) electrons. The molecule has 9 heteroatoms. The molecule has 0 bridgehead atoms. The number of nitrogens with one attached hydrogen (secondary N) is 2. The van der Waals surface area contributed by atoms with Crippen LogP contribution in [0, 0.1) is 5.92 Å². The van der Waals surface area contributed by atoms with E-state index in [1.807, 2.05) is 54.6 Å². The van der Waals surface area contributed by atoms with Crippen LogP contribution in [0.25, 0.3) is 11.1 Å². The fraction of sp³-hybridized carbons (Fsp3) is 0.190. The Labute approximate surface area is 294 Å². The van der Waals surface area contributed by atoms with Gasteiger partial charge in [0, 0.05) is 52.4 Å². The summed E-state index contributed by atoms with van der Waals surface area (Å²) in [5, 5.41) is 7.57. The van der Waals surface area contributed by atoms with Crippen molar-refractivity contribution in [3.63, 3.8) is 0 Å². The Hall–Kier alpha value is -5.83. The summed E-state index contributed by atoms with van der Waals surface area (Å²) in [5.74, 6) is 1.24. The SMILES string of the molecule is CC1C(Nc2ccccc2)Nc2ccccc2C1(C)C1c2ccc(-c3ccccc3C(F)(F)F)cc2N2c3nccnc3N(c3ccccc3)C12. The zero-order valence-electron chi connectivity index (χ0n) is 28.0. The van der Waals surface area contributed by atoms with Crippen LogP contribution in [-0.2, 0) is 11.6 Å². The van der Waals surface area contributed by atoms with Gasteiger partial charge in [-0.05, 0) is 64.7 Å².